The summed E-state index contributed by atoms with van der Waals surface area (Å²) in [5, 5.41) is 21.7. The molecular formula is C15H18O2. The van der Waals surface area contributed by atoms with Crippen molar-refractivity contribution >= 4 is 10.8 Å². The highest BCUT2D eigenvalue weighted by atomic mass is 16.3. The van der Waals surface area contributed by atoms with Crippen LogP contribution in [0.15, 0.2) is 36.4 Å². The summed E-state index contributed by atoms with van der Waals surface area (Å²) in [5.41, 5.74) is 1.68. The summed E-state index contributed by atoms with van der Waals surface area (Å²) in [7, 11) is 0. The van der Waals surface area contributed by atoms with Gasteiger partial charge >= 0.3 is 0 Å². The van der Waals surface area contributed by atoms with E-state index in [2.05, 4.69) is 0 Å². The molecule has 0 aromatic heterocycles. The first-order valence-corrected chi connectivity index (χ1v) is 6.06. The fraction of sp³-hybridized carbons (Fsp3) is 0.333. The molecule has 2 N–H and O–H groups in total. The van der Waals surface area contributed by atoms with Crippen LogP contribution in [-0.4, -0.2) is 10.2 Å². The second kappa shape index (κ2) is 5.30. The van der Waals surface area contributed by atoms with E-state index in [1.165, 1.54) is 0 Å². The molecule has 0 saturated carbocycles. The highest BCUT2D eigenvalue weighted by molar-refractivity contribution is 5.84. The maximum absolute atomic E-state index is 10.1. The Labute approximate surface area is 102 Å². The average molecular weight is 230 g/mol. The van der Waals surface area contributed by atoms with Gasteiger partial charge in [0.15, 0.2) is 0 Å². The Morgan fingerprint density at radius 3 is 2.35 bits per heavy atom. The number of rotatable bonds is 4. The standard InChI is InChI=1S/C15H18O2/c1-2-5-15(17)14-9-12-7-4-3-6-11(12)8-13(14)10-16/h3-4,6-9,15-17H,2,5,10H2,1H3. The van der Waals surface area contributed by atoms with Crippen molar-refractivity contribution in [3.8, 4) is 0 Å². The molecule has 90 valence electrons. The normalized spacial score (nSPS) is 12.9. The number of aliphatic hydroxyl groups is 2. The Balaban J connectivity index is 2.52. The van der Waals surface area contributed by atoms with Crippen LogP contribution in [0.4, 0.5) is 0 Å². The summed E-state index contributed by atoms with van der Waals surface area (Å²) in [6, 6.07) is 12.0. The summed E-state index contributed by atoms with van der Waals surface area (Å²) >= 11 is 0. The quantitative estimate of drug-likeness (QED) is 0.847. The zero-order valence-corrected chi connectivity index (χ0v) is 10.1. The van der Waals surface area contributed by atoms with Crippen LogP contribution >= 0.6 is 0 Å². The van der Waals surface area contributed by atoms with Crippen LogP contribution in [0.5, 0.6) is 0 Å². The zero-order chi connectivity index (χ0) is 12.3. The van der Waals surface area contributed by atoms with Crippen LogP contribution in [-0.2, 0) is 6.61 Å². The van der Waals surface area contributed by atoms with Crippen LogP contribution in [0.3, 0.4) is 0 Å². The number of hydrogen-bond donors (Lipinski definition) is 2. The van der Waals surface area contributed by atoms with Gasteiger partial charge in [-0.05, 0) is 40.5 Å². The summed E-state index contributed by atoms with van der Waals surface area (Å²) in [5.74, 6) is 0. The second-order valence-electron chi connectivity index (χ2n) is 4.36. The van der Waals surface area contributed by atoms with Gasteiger partial charge in [-0.1, -0.05) is 37.6 Å². The predicted molar refractivity (Wildman–Crippen MR) is 69.7 cm³/mol. The van der Waals surface area contributed by atoms with Crippen molar-refractivity contribution < 1.29 is 10.2 Å². The number of benzene rings is 2. The van der Waals surface area contributed by atoms with Crippen molar-refractivity contribution in [1.82, 2.24) is 0 Å². The van der Waals surface area contributed by atoms with Gasteiger partial charge in [0.05, 0.1) is 12.7 Å². The van der Waals surface area contributed by atoms with Gasteiger partial charge in [-0.25, -0.2) is 0 Å². The lowest BCUT2D eigenvalue weighted by atomic mass is 9.95. The van der Waals surface area contributed by atoms with Crippen LogP contribution in [0.25, 0.3) is 10.8 Å². The second-order valence-corrected chi connectivity index (χ2v) is 4.36. The van der Waals surface area contributed by atoms with E-state index < -0.39 is 6.10 Å². The third-order valence-electron chi connectivity index (χ3n) is 3.10. The molecule has 2 nitrogen and oxygen atoms in total. The topological polar surface area (TPSA) is 40.5 Å². The maximum atomic E-state index is 10.1. The molecule has 2 aromatic rings. The van der Waals surface area contributed by atoms with E-state index >= 15 is 0 Å². The lowest BCUT2D eigenvalue weighted by molar-refractivity contribution is 0.162. The first-order chi connectivity index (χ1) is 8.26. The minimum Gasteiger partial charge on any atom is -0.392 e. The molecule has 0 aliphatic carbocycles. The summed E-state index contributed by atoms with van der Waals surface area (Å²) in [6.07, 6.45) is 1.18. The Bertz CT molecular complexity index is 505. The molecule has 1 atom stereocenters. The lowest BCUT2D eigenvalue weighted by Gasteiger charge is -2.15. The van der Waals surface area contributed by atoms with E-state index in [9.17, 15) is 10.2 Å². The number of aliphatic hydroxyl groups excluding tert-OH is 2. The molecule has 0 heterocycles. The van der Waals surface area contributed by atoms with Gasteiger partial charge in [-0.3, -0.25) is 0 Å². The Morgan fingerprint density at radius 2 is 1.76 bits per heavy atom. The van der Waals surface area contributed by atoms with E-state index in [1.807, 2.05) is 43.3 Å². The van der Waals surface area contributed by atoms with Gasteiger partial charge in [-0.2, -0.15) is 0 Å². The van der Waals surface area contributed by atoms with Gasteiger partial charge in [0.1, 0.15) is 0 Å². The van der Waals surface area contributed by atoms with Crippen LogP contribution < -0.4 is 0 Å². The van der Waals surface area contributed by atoms with E-state index in [0.29, 0.717) is 0 Å². The Kier molecular flexibility index (Phi) is 3.77. The lowest BCUT2D eigenvalue weighted by Crippen LogP contribution is -2.02. The van der Waals surface area contributed by atoms with E-state index in [-0.39, 0.29) is 6.61 Å². The molecule has 0 spiro atoms. The van der Waals surface area contributed by atoms with Gasteiger partial charge < -0.3 is 10.2 Å². The van der Waals surface area contributed by atoms with E-state index in [4.69, 9.17) is 0 Å². The van der Waals surface area contributed by atoms with Gasteiger partial charge in [0, 0.05) is 0 Å². The highest BCUT2D eigenvalue weighted by Gasteiger charge is 2.12. The SMILES string of the molecule is CCCC(O)c1cc2ccccc2cc1CO. The Hall–Kier alpha value is -1.38. The van der Waals surface area contributed by atoms with E-state index in [1.54, 1.807) is 0 Å². The van der Waals surface area contributed by atoms with Crippen LogP contribution in [0.1, 0.15) is 37.0 Å². The molecule has 0 radical (unpaired) electrons. The molecular weight excluding hydrogens is 212 g/mol. The monoisotopic (exact) mass is 230 g/mol. The molecule has 2 rings (SSSR count). The van der Waals surface area contributed by atoms with Crippen LogP contribution in [0.2, 0.25) is 0 Å². The largest absolute Gasteiger partial charge is 0.392 e. The molecule has 0 amide bonds. The minimum absolute atomic E-state index is 0.0268. The van der Waals surface area contributed by atoms with Crippen molar-refractivity contribution in [3.63, 3.8) is 0 Å². The first-order valence-electron chi connectivity index (χ1n) is 6.06. The molecule has 0 saturated heterocycles. The van der Waals surface area contributed by atoms with Crippen LogP contribution in [0, 0.1) is 0 Å². The first kappa shape index (κ1) is 12.1. The molecule has 1 unspecified atom stereocenters. The van der Waals surface area contributed by atoms with Crippen molar-refractivity contribution in [2.45, 2.75) is 32.5 Å². The third-order valence-corrected chi connectivity index (χ3v) is 3.10. The fourth-order valence-electron chi connectivity index (χ4n) is 2.18. The molecule has 17 heavy (non-hydrogen) atoms. The predicted octanol–water partition coefficient (Wildman–Crippen LogP) is 3.17. The molecule has 0 aliphatic heterocycles. The van der Waals surface area contributed by atoms with Crippen molar-refractivity contribution in [2.75, 3.05) is 0 Å². The van der Waals surface area contributed by atoms with Crippen molar-refractivity contribution in [1.29, 1.82) is 0 Å². The molecule has 2 heteroatoms. The summed E-state index contributed by atoms with van der Waals surface area (Å²) < 4.78 is 0. The summed E-state index contributed by atoms with van der Waals surface area (Å²) in [6.45, 7) is 2.02. The van der Waals surface area contributed by atoms with Gasteiger partial charge in [0.2, 0.25) is 0 Å². The molecule has 0 aliphatic rings. The molecule has 2 aromatic carbocycles. The minimum atomic E-state index is -0.480. The molecule has 0 bridgehead atoms. The summed E-state index contributed by atoms with van der Waals surface area (Å²) in [4.78, 5) is 0. The average Bonchev–Trinajstić information content (AvgIpc) is 2.37. The van der Waals surface area contributed by atoms with E-state index in [0.717, 1.165) is 34.7 Å². The zero-order valence-electron chi connectivity index (χ0n) is 10.1. The Morgan fingerprint density at radius 1 is 1.12 bits per heavy atom. The highest BCUT2D eigenvalue weighted by Crippen LogP contribution is 2.27. The maximum Gasteiger partial charge on any atom is 0.0793 e. The fourth-order valence-corrected chi connectivity index (χ4v) is 2.18. The number of fused-ring (bicyclic) bond motifs is 1. The van der Waals surface area contributed by atoms with Gasteiger partial charge in [-0.15, -0.1) is 0 Å². The van der Waals surface area contributed by atoms with Crippen molar-refractivity contribution in [3.05, 3.63) is 47.5 Å². The number of hydrogen-bond acceptors (Lipinski definition) is 2. The smallest absolute Gasteiger partial charge is 0.0793 e. The van der Waals surface area contributed by atoms with Gasteiger partial charge in [0.25, 0.3) is 0 Å². The van der Waals surface area contributed by atoms with Crippen molar-refractivity contribution in [2.24, 2.45) is 0 Å². The molecule has 0 fully saturated rings. The third kappa shape index (κ3) is 2.48.